The Morgan fingerprint density at radius 1 is 0.417 bits per heavy atom. The molecule has 0 heterocycles. The van der Waals surface area contributed by atoms with Crippen LogP contribution in [-0.2, 0) is 0 Å². The molecule has 10 atom stereocenters. The SMILES string of the molecule is C.CCC1CCC2C(C1)C(C1CCC3CCCC31)C(CC)C(CC)C2C1CCC(C2CCCC2)CC1. The minimum atomic E-state index is 0. The topological polar surface area (TPSA) is 0 Å². The van der Waals surface area contributed by atoms with Crippen LogP contribution in [0.3, 0.4) is 0 Å². The van der Waals surface area contributed by atoms with Crippen molar-refractivity contribution in [1.82, 2.24) is 0 Å². The first kappa shape index (κ1) is 27.6. The lowest BCUT2D eigenvalue weighted by Gasteiger charge is -2.60. The van der Waals surface area contributed by atoms with E-state index in [0.29, 0.717) is 0 Å². The molecule has 6 rings (SSSR count). The molecule has 0 radical (unpaired) electrons. The Kier molecular flexibility index (Phi) is 9.21. The minimum Gasteiger partial charge on any atom is -0.0776 e. The molecule has 6 saturated carbocycles. The fourth-order valence-electron chi connectivity index (χ4n) is 12.8. The maximum absolute atomic E-state index is 2.62. The molecular weight excluding hydrogens is 432 g/mol. The maximum atomic E-state index is 2.62. The first-order chi connectivity index (χ1) is 17.2. The number of hydrogen-bond acceptors (Lipinski definition) is 0. The Morgan fingerprint density at radius 3 is 1.67 bits per heavy atom. The highest BCUT2D eigenvalue weighted by Crippen LogP contribution is 2.64. The van der Waals surface area contributed by atoms with E-state index in [1.807, 2.05) is 0 Å². The van der Waals surface area contributed by atoms with Gasteiger partial charge in [-0.15, -0.1) is 0 Å². The average molecular weight is 497 g/mol. The van der Waals surface area contributed by atoms with Crippen LogP contribution in [0.2, 0.25) is 0 Å². The fraction of sp³-hybridized carbons (Fsp3) is 1.00. The third kappa shape index (κ3) is 4.89. The molecule has 0 N–H and O–H groups in total. The van der Waals surface area contributed by atoms with Gasteiger partial charge in [-0.2, -0.15) is 0 Å². The molecule has 6 aliphatic rings. The highest BCUT2D eigenvalue weighted by molar-refractivity contribution is 5.05. The van der Waals surface area contributed by atoms with Crippen molar-refractivity contribution in [1.29, 1.82) is 0 Å². The number of fused-ring (bicyclic) bond motifs is 2. The van der Waals surface area contributed by atoms with Crippen molar-refractivity contribution in [2.75, 3.05) is 0 Å². The summed E-state index contributed by atoms with van der Waals surface area (Å²) < 4.78 is 0. The predicted octanol–water partition coefficient (Wildman–Crippen LogP) is 11.2. The standard InChI is InChI=1S/C35H60.CH4/c1-4-23-14-20-32-33(22-23)35(31-21-19-26-12-9-13-30(26)31)29(6-3)28(5-2)34(32)27-17-15-25(16-18-27)24-10-7-8-11-24;/h23-35H,4-22H2,1-3H3;1H4. The van der Waals surface area contributed by atoms with E-state index in [9.17, 15) is 0 Å². The maximum Gasteiger partial charge on any atom is -0.0321 e. The van der Waals surface area contributed by atoms with Crippen LogP contribution in [0.5, 0.6) is 0 Å². The third-order valence-corrected chi connectivity index (χ3v) is 14.2. The summed E-state index contributed by atoms with van der Waals surface area (Å²) in [6.07, 6.45) is 29.8. The van der Waals surface area contributed by atoms with Crippen LogP contribution in [0.15, 0.2) is 0 Å². The monoisotopic (exact) mass is 497 g/mol. The van der Waals surface area contributed by atoms with Crippen molar-refractivity contribution in [3.8, 4) is 0 Å². The zero-order valence-electron chi connectivity index (χ0n) is 23.9. The highest BCUT2D eigenvalue weighted by atomic mass is 14.6. The molecule has 0 aromatic rings. The van der Waals surface area contributed by atoms with E-state index < -0.39 is 0 Å². The number of hydrogen-bond donors (Lipinski definition) is 0. The van der Waals surface area contributed by atoms with E-state index in [2.05, 4.69) is 20.8 Å². The first-order valence-electron chi connectivity index (χ1n) is 17.2. The van der Waals surface area contributed by atoms with Crippen LogP contribution >= 0.6 is 0 Å². The van der Waals surface area contributed by atoms with E-state index in [1.54, 1.807) is 89.9 Å². The van der Waals surface area contributed by atoms with Crippen molar-refractivity contribution >= 4 is 0 Å². The second-order valence-corrected chi connectivity index (χ2v) is 15.0. The molecule has 6 fully saturated rings. The van der Waals surface area contributed by atoms with Crippen LogP contribution < -0.4 is 0 Å². The predicted molar refractivity (Wildman–Crippen MR) is 157 cm³/mol. The van der Waals surface area contributed by atoms with E-state index in [-0.39, 0.29) is 7.43 Å². The van der Waals surface area contributed by atoms with Crippen LogP contribution in [0.4, 0.5) is 0 Å². The summed E-state index contributed by atoms with van der Waals surface area (Å²) in [5.41, 5.74) is 0. The van der Waals surface area contributed by atoms with E-state index in [1.165, 1.54) is 32.1 Å². The summed E-state index contributed by atoms with van der Waals surface area (Å²) in [7, 11) is 0. The van der Waals surface area contributed by atoms with Gasteiger partial charge in [0.15, 0.2) is 0 Å². The van der Waals surface area contributed by atoms with E-state index in [0.717, 1.165) is 76.9 Å². The van der Waals surface area contributed by atoms with Gasteiger partial charge in [0.25, 0.3) is 0 Å². The van der Waals surface area contributed by atoms with Crippen LogP contribution in [0, 0.1) is 76.9 Å². The lowest BCUT2D eigenvalue weighted by molar-refractivity contribution is -0.111. The van der Waals surface area contributed by atoms with E-state index in [4.69, 9.17) is 0 Å². The molecule has 0 spiro atoms. The van der Waals surface area contributed by atoms with Gasteiger partial charge < -0.3 is 0 Å². The van der Waals surface area contributed by atoms with Gasteiger partial charge in [0.2, 0.25) is 0 Å². The summed E-state index contributed by atoms with van der Waals surface area (Å²) in [5.74, 6) is 14.2. The molecule has 0 nitrogen and oxygen atoms in total. The smallest absolute Gasteiger partial charge is 0.0321 e. The van der Waals surface area contributed by atoms with Crippen LogP contribution in [-0.4, -0.2) is 0 Å². The first-order valence-corrected chi connectivity index (χ1v) is 17.2. The third-order valence-electron chi connectivity index (χ3n) is 14.2. The molecule has 0 aliphatic heterocycles. The summed E-state index contributed by atoms with van der Waals surface area (Å²) >= 11 is 0. The Morgan fingerprint density at radius 2 is 0.972 bits per heavy atom. The zero-order chi connectivity index (χ0) is 23.9. The second kappa shape index (κ2) is 12.0. The highest BCUT2D eigenvalue weighted by Gasteiger charge is 2.57. The van der Waals surface area contributed by atoms with Crippen LogP contribution in [0.1, 0.15) is 150 Å². The van der Waals surface area contributed by atoms with Gasteiger partial charge in [-0.3, -0.25) is 0 Å². The summed E-state index contributed by atoms with van der Waals surface area (Å²) in [4.78, 5) is 0. The van der Waals surface area contributed by atoms with Gasteiger partial charge in [0.1, 0.15) is 0 Å². The zero-order valence-corrected chi connectivity index (χ0v) is 23.9. The van der Waals surface area contributed by atoms with Crippen LogP contribution in [0.25, 0.3) is 0 Å². The Bertz CT molecular complexity index is 666. The molecular formula is C36H64. The van der Waals surface area contributed by atoms with Gasteiger partial charge >= 0.3 is 0 Å². The van der Waals surface area contributed by atoms with Crippen molar-refractivity contribution in [2.24, 2.45) is 76.9 Å². The molecule has 0 aromatic carbocycles. The Balaban J connectivity index is 0.00000267. The van der Waals surface area contributed by atoms with E-state index >= 15 is 0 Å². The van der Waals surface area contributed by atoms with Crippen molar-refractivity contribution in [3.63, 3.8) is 0 Å². The summed E-state index contributed by atoms with van der Waals surface area (Å²) in [6.45, 7) is 7.75. The number of rotatable bonds is 6. The van der Waals surface area contributed by atoms with Crippen molar-refractivity contribution in [3.05, 3.63) is 0 Å². The molecule has 6 aliphatic carbocycles. The van der Waals surface area contributed by atoms with Gasteiger partial charge in [0.05, 0.1) is 0 Å². The Labute approximate surface area is 226 Å². The molecule has 10 unspecified atom stereocenters. The molecule has 0 heteroatoms. The molecule has 0 saturated heterocycles. The van der Waals surface area contributed by atoms with Crippen molar-refractivity contribution < 1.29 is 0 Å². The lowest BCUT2D eigenvalue weighted by Crippen LogP contribution is -2.53. The lowest BCUT2D eigenvalue weighted by atomic mass is 9.45. The molecule has 0 aromatic heterocycles. The van der Waals surface area contributed by atoms with Gasteiger partial charge in [-0.1, -0.05) is 92.4 Å². The fourth-order valence-corrected chi connectivity index (χ4v) is 12.8. The quantitative estimate of drug-likeness (QED) is 0.343. The van der Waals surface area contributed by atoms with Gasteiger partial charge in [0, 0.05) is 0 Å². The molecule has 0 bridgehead atoms. The normalized spacial score (nSPS) is 49.4. The van der Waals surface area contributed by atoms with Gasteiger partial charge in [-0.05, 0) is 135 Å². The summed E-state index contributed by atoms with van der Waals surface area (Å²) in [6, 6.07) is 0. The Hall–Kier alpha value is 0. The summed E-state index contributed by atoms with van der Waals surface area (Å²) in [5, 5.41) is 0. The second-order valence-electron chi connectivity index (χ2n) is 15.0. The molecule has 36 heavy (non-hydrogen) atoms. The largest absolute Gasteiger partial charge is 0.0776 e. The molecule has 208 valence electrons. The molecule has 0 amide bonds. The minimum absolute atomic E-state index is 0. The van der Waals surface area contributed by atoms with Crippen molar-refractivity contribution in [2.45, 2.75) is 150 Å². The van der Waals surface area contributed by atoms with Gasteiger partial charge in [-0.25, -0.2) is 0 Å². The average Bonchev–Trinajstić information content (AvgIpc) is 3.66.